The first-order chi connectivity index (χ1) is 7.90. The quantitative estimate of drug-likeness (QED) is 0.810. The van der Waals surface area contributed by atoms with Crippen molar-refractivity contribution in [3.05, 3.63) is 0 Å². The number of nitrogens with one attached hydrogen (secondary N) is 1. The van der Waals surface area contributed by atoms with Crippen molar-refractivity contribution >= 4 is 5.91 Å². The van der Waals surface area contributed by atoms with E-state index >= 15 is 0 Å². The second-order valence-corrected chi connectivity index (χ2v) is 5.77. The largest absolute Gasteiger partial charge is 0.381 e. The molecule has 17 heavy (non-hydrogen) atoms. The molecule has 0 unspecified atom stereocenters. The van der Waals surface area contributed by atoms with Gasteiger partial charge in [0.2, 0.25) is 5.91 Å². The highest BCUT2D eigenvalue weighted by Gasteiger charge is 2.22. The van der Waals surface area contributed by atoms with Gasteiger partial charge in [-0.3, -0.25) is 4.79 Å². The Morgan fingerprint density at radius 1 is 1.35 bits per heavy atom. The molecule has 1 aliphatic rings. The van der Waals surface area contributed by atoms with Crippen LogP contribution >= 0.6 is 0 Å². The van der Waals surface area contributed by atoms with Gasteiger partial charge in [0.1, 0.15) is 0 Å². The first kappa shape index (κ1) is 14.5. The highest BCUT2D eigenvalue weighted by atomic mass is 16.5. The van der Waals surface area contributed by atoms with Crippen molar-refractivity contribution in [2.24, 2.45) is 0 Å². The van der Waals surface area contributed by atoms with Gasteiger partial charge in [-0.05, 0) is 33.6 Å². The molecule has 0 atom stereocenters. The molecule has 0 aromatic carbocycles. The molecule has 0 aromatic rings. The first-order valence-corrected chi connectivity index (χ1v) is 6.48. The van der Waals surface area contributed by atoms with Crippen LogP contribution < -0.4 is 5.32 Å². The van der Waals surface area contributed by atoms with Crippen molar-refractivity contribution in [2.75, 3.05) is 26.8 Å². The van der Waals surface area contributed by atoms with E-state index in [-0.39, 0.29) is 11.4 Å². The molecule has 0 aromatic heterocycles. The summed E-state index contributed by atoms with van der Waals surface area (Å²) in [6, 6.07) is 0.367. The topological polar surface area (TPSA) is 41.6 Å². The highest BCUT2D eigenvalue weighted by Crippen LogP contribution is 2.13. The summed E-state index contributed by atoms with van der Waals surface area (Å²) in [5.74, 6) is 0.230. The molecule has 1 heterocycles. The average Bonchev–Trinajstić information content (AvgIpc) is 2.27. The fraction of sp³-hybridized carbons (Fsp3) is 0.923. The molecule has 100 valence electrons. The predicted octanol–water partition coefficient (Wildman–Crippen LogP) is 1.40. The molecule has 1 rings (SSSR count). The van der Waals surface area contributed by atoms with E-state index in [2.05, 4.69) is 26.1 Å². The number of rotatable bonds is 4. The third-order valence-corrected chi connectivity index (χ3v) is 3.13. The number of ether oxygens (including phenoxy) is 1. The van der Waals surface area contributed by atoms with E-state index in [0.717, 1.165) is 32.6 Å². The fourth-order valence-electron chi connectivity index (χ4n) is 2.00. The Morgan fingerprint density at radius 2 is 1.94 bits per heavy atom. The Kier molecular flexibility index (Phi) is 5.40. The molecule has 1 N–H and O–H groups in total. The maximum Gasteiger partial charge on any atom is 0.223 e. The van der Waals surface area contributed by atoms with Gasteiger partial charge in [-0.15, -0.1) is 0 Å². The van der Waals surface area contributed by atoms with Gasteiger partial charge in [-0.2, -0.15) is 0 Å². The molecular formula is C13H26N2O2. The second-order valence-electron chi connectivity index (χ2n) is 5.77. The van der Waals surface area contributed by atoms with Gasteiger partial charge >= 0.3 is 0 Å². The second kappa shape index (κ2) is 6.36. The van der Waals surface area contributed by atoms with E-state index in [9.17, 15) is 4.79 Å². The molecule has 1 amide bonds. The van der Waals surface area contributed by atoms with Crippen molar-refractivity contribution in [3.63, 3.8) is 0 Å². The summed E-state index contributed by atoms with van der Waals surface area (Å²) in [5.41, 5.74) is 0.0809. The fourth-order valence-corrected chi connectivity index (χ4v) is 2.00. The minimum absolute atomic E-state index is 0.0809. The van der Waals surface area contributed by atoms with Gasteiger partial charge in [-0.25, -0.2) is 0 Å². The van der Waals surface area contributed by atoms with Crippen LogP contribution in [0.4, 0.5) is 0 Å². The van der Waals surface area contributed by atoms with Crippen LogP contribution in [0.3, 0.4) is 0 Å². The first-order valence-electron chi connectivity index (χ1n) is 6.48. The summed E-state index contributed by atoms with van der Waals surface area (Å²) in [6.07, 6.45) is 2.51. The molecule has 0 saturated carbocycles. The van der Waals surface area contributed by atoms with Crippen LogP contribution in [0.2, 0.25) is 0 Å². The number of amides is 1. The molecule has 1 fully saturated rings. The zero-order valence-electron chi connectivity index (χ0n) is 11.6. The van der Waals surface area contributed by atoms with Crippen LogP contribution in [0, 0.1) is 0 Å². The van der Waals surface area contributed by atoms with Gasteiger partial charge in [0.05, 0.1) is 0 Å². The minimum atomic E-state index is 0.0809. The molecule has 0 bridgehead atoms. The van der Waals surface area contributed by atoms with Crippen molar-refractivity contribution in [2.45, 2.75) is 51.6 Å². The maximum atomic E-state index is 12.0. The molecule has 0 spiro atoms. The Bertz CT molecular complexity index is 242. The monoisotopic (exact) mass is 242 g/mol. The van der Waals surface area contributed by atoms with E-state index in [0.29, 0.717) is 12.5 Å². The summed E-state index contributed by atoms with van der Waals surface area (Å²) in [6.45, 7) is 8.64. The lowest BCUT2D eigenvalue weighted by molar-refractivity contribution is -0.133. The van der Waals surface area contributed by atoms with Crippen molar-refractivity contribution < 1.29 is 9.53 Å². The molecule has 0 aliphatic carbocycles. The number of carbonyl (C=O) groups excluding carboxylic acids is 1. The summed E-state index contributed by atoms with van der Waals surface area (Å²) < 4.78 is 5.31. The van der Waals surface area contributed by atoms with Crippen LogP contribution in [0.25, 0.3) is 0 Å². The minimum Gasteiger partial charge on any atom is -0.381 e. The zero-order valence-corrected chi connectivity index (χ0v) is 11.6. The summed E-state index contributed by atoms with van der Waals surface area (Å²) in [5, 5.41) is 3.34. The lowest BCUT2D eigenvalue weighted by Crippen LogP contribution is -2.43. The van der Waals surface area contributed by atoms with E-state index < -0.39 is 0 Å². The number of carbonyl (C=O) groups is 1. The van der Waals surface area contributed by atoms with Crippen LogP contribution in [0.1, 0.15) is 40.0 Å². The Morgan fingerprint density at radius 3 is 2.47 bits per heavy atom. The molecule has 0 radical (unpaired) electrons. The van der Waals surface area contributed by atoms with Crippen molar-refractivity contribution in [1.29, 1.82) is 0 Å². The standard InChI is InChI=1S/C13H26N2O2/c1-13(2,3)14-8-5-12(16)15(4)11-6-9-17-10-7-11/h11,14H,5-10H2,1-4H3. The SMILES string of the molecule is CN(C(=O)CCNC(C)(C)C)C1CCOCC1. The number of hydrogen-bond acceptors (Lipinski definition) is 3. The summed E-state index contributed by atoms with van der Waals surface area (Å²) >= 11 is 0. The van der Waals surface area contributed by atoms with E-state index in [1.54, 1.807) is 0 Å². The lowest BCUT2D eigenvalue weighted by Gasteiger charge is -2.31. The molecule has 1 saturated heterocycles. The van der Waals surface area contributed by atoms with Gasteiger partial charge in [0.25, 0.3) is 0 Å². The molecule has 4 nitrogen and oxygen atoms in total. The smallest absolute Gasteiger partial charge is 0.223 e. The predicted molar refractivity (Wildman–Crippen MR) is 69.0 cm³/mol. The number of hydrogen-bond donors (Lipinski definition) is 1. The third-order valence-electron chi connectivity index (χ3n) is 3.13. The van der Waals surface area contributed by atoms with Crippen molar-refractivity contribution in [3.8, 4) is 0 Å². The molecule has 4 heteroatoms. The lowest BCUT2D eigenvalue weighted by atomic mass is 10.1. The van der Waals surface area contributed by atoms with E-state index in [4.69, 9.17) is 4.74 Å². The van der Waals surface area contributed by atoms with Gasteiger partial charge in [-0.1, -0.05) is 0 Å². The zero-order chi connectivity index (χ0) is 12.9. The summed E-state index contributed by atoms with van der Waals surface area (Å²) in [4.78, 5) is 13.9. The van der Waals surface area contributed by atoms with Crippen LogP contribution in [0.15, 0.2) is 0 Å². The Balaban J connectivity index is 2.26. The molecular weight excluding hydrogens is 216 g/mol. The van der Waals surface area contributed by atoms with Gasteiger partial charge in [0.15, 0.2) is 0 Å². The van der Waals surface area contributed by atoms with Crippen LogP contribution in [0.5, 0.6) is 0 Å². The van der Waals surface area contributed by atoms with Gasteiger partial charge < -0.3 is 15.0 Å². The number of nitrogens with zero attached hydrogens (tertiary/aromatic N) is 1. The average molecular weight is 242 g/mol. The Labute approximate surface area is 105 Å². The maximum absolute atomic E-state index is 12.0. The molecule has 1 aliphatic heterocycles. The third kappa shape index (κ3) is 5.50. The highest BCUT2D eigenvalue weighted by molar-refractivity contribution is 5.76. The van der Waals surface area contributed by atoms with Crippen LogP contribution in [-0.2, 0) is 9.53 Å². The van der Waals surface area contributed by atoms with Crippen LogP contribution in [-0.4, -0.2) is 49.2 Å². The van der Waals surface area contributed by atoms with E-state index in [1.165, 1.54) is 0 Å². The summed E-state index contributed by atoms with van der Waals surface area (Å²) in [7, 11) is 1.91. The normalized spacial score (nSPS) is 18.1. The van der Waals surface area contributed by atoms with Gasteiger partial charge in [0, 0.05) is 44.8 Å². The van der Waals surface area contributed by atoms with Crippen molar-refractivity contribution in [1.82, 2.24) is 10.2 Å². The Hall–Kier alpha value is -0.610. The van der Waals surface area contributed by atoms with E-state index in [1.807, 2.05) is 11.9 Å².